The Hall–Kier alpha value is -1.59. The summed E-state index contributed by atoms with van der Waals surface area (Å²) >= 11 is 0. The number of methoxy groups -OCH3 is 1. The van der Waals surface area contributed by atoms with Gasteiger partial charge in [0.15, 0.2) is 0 Å². The molecule has 0 aromatic heterocycles. The second-order valence-corrected chi connectivity index (χ2v) is 4.88. The largest absolute Gasteiger partial charge is 0.383 e. The Morgan fingerprint density at radius 1 is 1.42 bits per heavy atom. The molecule has 2 amide bonds. The highest BCUT2D eigenvalue weighted by atomic mass is 16.5. The summed E-state index contributed by atoms with van der Waals surface area (Å²) in [7, 11) is 1.70. The summed E-state index contributed by atoms with van der Waals surface area (Å²) < 4.78 is 5.11. The molecule has 1 aliphatic heterocycles. The van der Waals surface area contributed by atoms with Gasteiger partial charge in [0.1, 0.15) is 0 Å². The molecule has 3 N–H and O–H groups in total. The number of nitrogens with zero attached hydrogens (tertiary/aromatic N) is 1. The molecule has 1 aromatic carbocycles. The van der Waals surface area contributed by atoms with Gasteiger partial charge in [0, 0.05) is 32.7 Å². The number of carbonyl (C=O) groups is 1. The van der Waals surface area contributed by atoms with E-state index in [1.807, 2.05) is 18.2 Å². The first-order valence-corrected chi connectivity index (χ1v) is 6.53. The molecular weight excluding hydrogens is 242 g/mol. The van der Waals surface area contributed by atoms with Crippen molar-refractivity contribution < 1.29 is 9.53 Å². The van der Waals surface area contributed by atoms with E-state index < -0.39 is 6.03 Å². The Balaban J connectivity index is 2.07. The summed E-state index contributed by atoms with van der Waals surface area (Å²) in [5.74, 6) is 0.283. The van der Waals surface area contributed by atoms with Crippen LogP contribution in [0, 0.1) is 0 Å². The first-order chi connectivity index (χ1) is 9.20. The Kier molecular flexibility index (Phi) is 4.76. The highest BCUT2D eigenvalue weighted by Gasteiger charge is 2.34. The minimum atomic E-state index is -0.459. The Labute approximate surface area is 113 Å². The molecular formula is C14H21N3O2. The van der Waals surface area contributed by atoms with Crippen molar-refractivity contribution >= 4 is 6.03 Å². The number of ether oxygens (including phenoxy) is 1. The molecule has 0 bridgehead atoms. The number of hydrogen-bond acceptors (Lipinski definition) is 3. The quantitative estimate of drug-likeness (QED) is 0.824. The molecule has 1 fully saturated rings. The number of nitrogens with two attached hydrogens (primary N) is 1. The van der Waals surface area contributed by atoms with Crippen LogP contribution in [-0.2, 0) is 4.74 Å². The van der Waals surface area contributed by atoms with Crippen LogP contribution in [-0.4, -0.2) is 50.3 Å². The van der Waals surface area contributed by atoms with Gasteiger partial charge in [0.05, 0.1) is 12.6 Å². The number of amides is 2. The van der Waals surface area contributed by atoms with Crippen molar-refractivity contribution in [2.24, 2.45) is 5.73 Å². The molecule has 2 atom stereocenters. The van der Waals surface area contributed by atoms with E-state index >= 15 is 0 Å². The summed E-state index contributed by atoms with van der Waals surface area (Å²) in [5.41, 5.74) is 6.50. The van der Waals surface area contributed by atoms with Gasteiger partial charge >= 0.3 is 6.03 Å². The summed E-state index contributed by atoms with van der Waals surface area (Å²) in [4.78, 5) is 13.4. The van der Waals surface area contributed by atoms with E-state index in [1.54, 1.807) is 7.11 Å². The number of likely N-dealkylation sites (tertiary alicyclic amines) is 1. The van der Waals surface area contributed by atoms with Crippen molar-refractivity contribution in [1.82, 2.24) is 10.2 Å². The molecule has 0 unspecified atom stereocenters. The van der Waals surface area contributed by atoms with Gasteiger partial charge in [0.2, 0.25) is 0 Å². The van der Waals surface area contributed by atoms with Crippen LogP contribution in [0.5, 0.6) is 0 Å². The van der Waals surface area contributed by atoms with Crippen molar-refractivity contribution in [3.8, 4) is 0 Å². The van der Waals surface area contributed by atoms with E-state index in [0.717, 1.165) is 19.6 Å². The zero-order valence-corrected chi connectivity index (χ0v) is 11.2. The predicted octanol–water partition coefficient (Wildman–Crippen LogP) is 0.769. The van der Waals surface area contributed by atoms with E-state index in [0.29, 0.717) is 6.61 Å². The lowest BCUT2D eigenvalue weighted by Gasteiger charge is -2.18. The Morgan fingerprint density at radius 3 is 2.79 bits per heavy atom. The number of urea groups is 1. The van der Waals surface area contributed by atoms with Gasteiger partial charge in [-0.3, -0.25) is 4.90 Å². The van der Waals surface area contributed by atoms with Gasteiger partial charge in [0.25, 0.3) is 0 Å². The second kappa shape index (κ2) is 6.54. The summed E-state index contributed by atoms with van der Waals surface area (Å²) in [6.07, 6.45) is 0. The average molecular weight is 263 g/mol. The Bertz CT molecular complexity index is 410. The van der Waals surface area contributed by atoms with Gasteiger partial charge in [-0.1, -0.05) is 30.3 Å². The van der Waals surface area contributed by atoms with Gasteiger partial charge in [-0.15, -0.1) is 0 Å². The third-order valence-electron chi connectivity index (χ3n) is 3.56. The van der Waals surface area contributed by atoms with Crippen molar-refractivity contribution in [3.63, 3.8) is 0 Å². The first-order valence-electron chi connectivity index (χ1n) is 6.53. The molecule has 0 aliphatic carbocycles. The van der Waals surface area contributed by atoms with Gasteiger partial charge in [-0.05, 0) is 5.56 Å². The normalized spacial score (nSPS) is 23.4. The van der Waals surface area contributed by atoms with Crippen LogP contribution >= 0.6 is 0 Å². The monoisotopic (exact) mass is 263 g/mol. The number of benzene rings is 1. The van der Waals surface area contributed by atoms with Crippen LogP contribution in [0.3, 0.4) is 0 Å². The van der Waals surface area contributed by atoms with Crippen molar-refractivity contribution in [2.45, 2.75) is 12.0 Å². The lowest BCUT2D eigenvalue weighted by Crippen LogP contribution is -2.42. The maximum atomic E-state index is 11.1. The third-order valence-corrected chi connectivity index (χ3v) is 3.56. The molecule has 0 saturated carbocycles. The lowest BCUT2D eigenvalue weighted by molar-refractivity contribution is 0.159. The fraction of sp³-hybridized carbons (Fsp3) is 0.500. The molecule has 104 valence electrons. The number of rotatable bonds is 5. The minimum Gasteiger partial charge on any atom is -0.383 e. The molecule has 1 aliphatic rings. The highest BCUT2D eigenvalue weighted by molar-refractivity contribution is 5.72. The molecule has 0 radical (unpaired) electrons. The molecule has 1 heterocycles. The van der Waals surface area contributed by atoms with Crippen LogP contribution in [0.1, 0.15) is 11.5 Å². The maximum Gasteiger partial charge on any atom is 0.312 e. The number of hydrogen-bond donors (Lipinski definition) is 2. The molecule has 0 spiro atoms. The van der Waals surface area contributed by atoms with Crippen molar-refractivity contribution in [1.29, 1.82) is 0 Å². The zero-order chi connectivity index (χ0) is 13.7. The number of carbonyl (C=O) groups excluding carboxylic acids is 1. The van der Waals surface area contributed by atoms with E-state index in [9.17, 15) is 4.79 Å². The van der Waals surface area contributed by atoms with E-state index in [2.05, 4.69) is 22.3 Å². The third kappa shape index (κ3) is 3.68. The van der Waals surface area contributed by atoms with Crippen molar-refractivity contribution in [2.75, 3.05) is 33.4 Å². The van der Waals surface area contributed by atoms with Gasteiger partial charge < -0.3 is 15.8 Å². The first kappa shape index (κ1) is 13.8. The summed E-state index contributed by atoms with van der Waals surface area (Å²) in [6, 6.07) is 9.84. The molecule has 1 saturated heterocycles. The highest BCUT2D eigenvalue weighted by Crippen LogP contribution is 2.27. The molecule has 1 aromatic rings. The molecule has 2 rings (SSSR count). The summed E-state index contributed by atoms with van der Waals surface area (Å²) in [6.45, 7) is 3.30. The standard InChI is InChI=1S/C14H21N3O2/c1-19-8-7-17-9-12(11-5-3-2-4-6-11)13(10-17)16-14(15)18/h2-6,12-13H,7-10H2,1H3,(H3,15,16,18)/t12-,13+/m0/s1. The van der Waals surface area contributed by atoms with Gasteiger partial charge in [-0.25, -0.2) is 4.79 Å². The number of nitrogens with one attached hydrogen (secondary N) is 1. The maximum absolute atomic E-state index is 11.1. The lowest BCUT2D eigenvalue weighted by atomic mass is 9.94. The van der Waals surface area contributed by atoms with Crippen LogP contribution in [0.25, 0.3) is 0 Å². The van der Waals surface area contributed by atoms with Gasteiger partial charge in [-0.2, -0.15) is 0 Å². The van der Waals surface area contributed by atoms with E-state index in [1.165, 1.54) is 5.56 Å². The zero-order valence-electron chi connectivity index (χ0n) is 11.2. The van der Waals surface area contributed by atoms with Crippen LogP contribution in [0.2, 0.25) is 0 Å². The summed E-state index contributed by atoms with van der Waals surface area (Å²) in [5, 5.41) is 2.85. The van der Waals surface area contributed by atoms with Crippen LogP contribution in [0.4, 0.5) is 4.79 Å². The fourth-order valence-corrected chi connectivity index (χ4v) is 2.66. The predicted molar refractivity (Wildman–Crippen MR) is 74.0 cm³/mol. The number of primary amides is 1. The van der Waals surface area contributed by atoms with Crippen LogP contribution in [0.15, 0.2) is 30.3 Å². The minimum absolute atomic E-state index is 0.0664. The Morgan fingerprint density at radius 2 is 2.16 bits per heavy atom. The van der Waals surface area contributed by atoms with E-state index in [4.69, 9.17) is 10.5 Å². The smallest absolute Gasteiger partial charge is 0.312 e. The molecule has 5 nitrogen and oxygen atoms in total. The molecule has 5 heteroatoms. The van der Waals surface area contributed by atoms with E-state index in [-0.39, 0.29) is 12.0 Å². The molecule has 19 heavy (non-hydrogen) atoms. The topological polar surface area (TPSA) is 67.6 Å². The van der Waals surface area contributed by atoms with Crippen LogP contribution < -0.4 is 11.1 Å². The SMILES string of the molecule is COCCN1C[C@@H](NC(N)=O)[C@H](c2ccccc2)C1. The average Bonchev–Trinajstić information content (AvgIpc) is 2.79. The second-order valence-electron chi connectivity index (χ2n) is 4.88. The van der Waals surface area contributed by atoms with Crippen molar-refractivity contribution in [3.05, 3.63) is 35.9 Å². The fourth-order valence-electron chi connectivity index (χ4n) is 2.66.